The summed E-state index contributed by atoms with van der Waals surface area (Å²) in [6.45, 7) is 3.36. The van der Waals surface area contributed by atoms with Crippen molar-refractivity contribution >= 4 is 0 Å². The molecule has 1 N–H and O–H groups in total. The number of halogens is 3. The lowest BCUT2D eigenvalue weighted by Gasteiger charge is -2.07. The normalized spacial score (nSPS) is 11.7. The zero-order valence-corrected chi connectivity index (χ0v) is 8.43. The second-order valence-corrected chi connectivity index (χ2v) is 3.21. The fourth-order valence-electron chi connectivity index (χ4n) is 1.09. The average molecular weight is 218 g/mol. The van der Waals surface area contributed by atoms with Gasteiger partial charge in [0.15, 0.2) is 0 Å². The van der Waals surface area contributed by atoms with E-state index in [9.17, 15) is 13.2 Å². The minimum absolute atomic E-state index is 0.506. The van der Waals surface area contributed by atoms with Crippen LogP contribution in [0.5, 0.6) is 0 Å². The molecule has 0 unspecified atom stereocenters. The highest BCUT2D eigenvalue weighted by molar-refractivity contribution is 5.16. The highest BCUT2D eigenvalue weighted by Crippen LogP contribution is 2.28. The summed E-state index contributed by atoms with van der Waals surface area (Å²) >= 11 is 0. The lowest BCUT2D eigenvalue weighted by molar-refractivity contribution is -0.137. The van der Waals surface area contributed by atoms with Gasteiger partial charge in [0.2, 0.25) is 0 Å². The molecule has 0 saturated carbocycles. The topological polar surface area (TPSA) is 24.9 Å². The Morgan fingerprint density at radius 1 is 1.33 bits per heavy atom. The number of alkyl halides is 3. The molecule has 0 aliphatic rings. The molecule has 0 bridgehead atoms. The number of rotatable bonds is 4. The van der Waals surface area contributed by atoms with E-state index >= 15 is 0 Å². The minimum Gasteiger partial charge on any atom is -0.311 e. The summed E-state index contributed by atoms with van der Waals surface area (Å²) in [5, 5.41) is 3.07. The van der Waals surface area contributed by atoms with Gasteiger partial charge in [0.1, 0.15) is 0 Å². The van der Waals surface area contributed by atoms with Gasteiger partial charge in [-0.15, -0.1) is 0 Å². The molecule has 1 rings (SSSR count). The molecule has 0 radical (unpaired) electrons. The van der Waals surface area contributed by atoms with Gasteiger partial charge in [0.05, 0.1) is 11.3 Å². The van der Waals surface area contributed by atoms with E-state index in [4.69, 9.17) is 0 Å². The van der Waals surface area contributed by atoms with Crippen LogP contribution < -0.4 is 5.32 Å². The Labute approximate surface area is 86.5 Å². The first-order chi connectivity index (χ1) is 7.04. The van der Waals surface area contributed by atoms with Crippen molar-refractivity contribution in [3.8, 4) is 0 Å². The van der Waals surface area contributed by atoms with Crippen LogP contribution in [0, 0.1) is 0 Å². The molecule has 0 aliphatic heterocycles. The highest BCUT2D eigenvalue weighted by atomic mass is 19.4. The van der Waals surface area contributed by atoms with E-state index in [2.05, 4.69) is 10.3 Å². The predicted molar refractivity (Wildman–Crippen MR) is 51.2 cm³/mol. The summed E-state index contributed by atoms with van der Waals surface area (Å²) in [5.74, 6) is 0. The van der Waals surface area contributed by atoms with E-state index in [0.29, 0.717) is 12.2 Å². The molecular formula is C10H13F3N2. The van der Waals surface area contributed by atoms with E-state index in [0.717, 1.165) is 25.2 Å². The van der Waals surface area contributed by atoms with Crippen LogP contribution in [0.1, 0.15) is 24.6 Å². The van der Waals surface area contributed by atoms with Crippen LogP contribution in [0.15, 0.2) is 18.3 Å². The van der Waals surface area contributed by atoms with Crippen LogP contribution in [-0.4, -0.2) is 11.5 Å². The Hall–Kier alpha value is -1.10. The van der Waals surface area contributed by atoms with Gasteiger partial charge in [-0.2, -0.15) is 13.2 Å². The quantitative estimate of drug-likeness (QED) is 0.786. The fraction of sp³-hybridized carbons (Fsp3) is 0.500. The van der Waals surface area contributed by atoms with E-state index in [1.165, 1.54) is 6.07 Å². The van der Waals surface area contributed by atoms with Gasteiger partial charge < -0.3 is 5.32 Å². The molecule has 15 heavy (non-hydrogen) atoms. The van der Waals surface area contributed by atoms with Crippen molar-refractivity contribution in [1.82, 2.24) is 10.3 Å². The molecule has 0 spiro atoms. The van der Waals surface area contributed by atoms with Crippen LogP contribution in [0.4, 0.5) is 13.2 Å². The molecule has 1 aromatic rings. The van der Waals surface area contributed by atoms with Crippen molar-refractivity contribution in [3.63, 3.8) is 0 Å². The van der Waals surface area contributed by atoms with Crippen LogP contribution in [0.2, 0.25) is 0 Å². The van der Waals surface area contributed by atoms with Crippen LogP contribution >= 0.6 is 0 Å². The van der Waals surface area contributed by atoms with Gasteiger partial charge in [-0.25, -0.2) is 0 Å². The predicted octanol–water partition coefficient (Wildman–Crippen LogP) is 2.60. The molecule has 0 aromatic carbocycles. The summed E-state index contributed by atoms with van der Waals surface area (Å²) in [6.07, 6.45) is -2.45. The standard InChI is InChI=1S/C10H13F3N2/c1-2-5-14-7-9-4-3-8(6-15-9)10(11,12)13/h3-4,6,14H,2,5,7H2,1H3. The Morgan fingerprint density at radius 2 is 2.07 bits per heavy atom. The highest BCUT2D eigenvalue weighted by Gasteiger charge is 2.30. The molecule has 84 valence electrons. The Balaban J connectivity index is 2.57. The number of aromatic nitrogens is 1. The van der Waals surface area contributed by atoms with Gasteiger partial charge in [-0.1, -0.05) is 6.92 Å². The molecule has 0 fully saturated rings. The third kappa shape index (κ3) is 3.87. The van der Waals surface area contributed by atoms with Crippen molar-refractivity contribution in [3.05, 3.63) is 29.6 Å². The first-order valence-corrected chi connectivity index (χ1v) is 4.77. The van der Waals surface area contributed by atoms with E-state index in [1.54, 1.807) is 0 Å². The number of hydrogen-bond acceptors (Lipinski definition) is 2. The third-order valence-electron chi connectivity index (χ3n) is 1.88. The second-order valence-electron chi connectivity index (χ2n) is 3.21. The lowest BCUT2D eigenvalue weighted by atomic mass is 10.2. The smallest absolute Gasteiger partial charge is 0.311 e. The van der Waals surface area contributed by atoms with Crippen molar-refractivity contribution in [2.24, 2.45) is 0 Å². The van der Waals surface area contributed by atoms with E-state index in [-0.39, 0.29) is 0 Å². The first kappa shape index (κ1) is 12.0. The first-order valence-electron chi connectivity index (χ1n) is 4.77. The Bertz CT molecular complexity index is 293. The van der Waals surface area contributed by atoms with Crippen LogP contribution in [-0.2, 0) is 12.7 Å². The summed E-state index contributed by atoms with van der Waals surface area (Å²) in [6, 6.07) is 2.45. The van der Waals surface area contributed by atoms with Gasteiger partial charge in [0, 0.05) is 12.7 Å². The van der Waals surface area contributed by atoms with Crippen molar-refractivity contribution in [2.75, 3.05) is 6.54 Å². The maximum absolute atomic E-state index is 12.2. The van der Waals surface area contributed by atoms with Crippen LogP contribution in [0.3, 0.4) is 0 Å². The summed E-state index contributed by atoms with van der Waals surface area (Å²) in [5.41, 5.74) is -0.0850. The molecule has 0 saturated heterocycles. The monoisotopic (exact) mass is 218 g/mol. The van der Waals surface area contributed by atoms with Crippen molar-refractivity contribution in [1.29, 1.82) is 0 Å². The van der Waals surface area contributed by atoms with Crippen LogP contribution in [0.25, 0.3) is 0 Å². The molecule has 1 heterocycles. The maximum Gasteiger partial charge on any atom is 0.417 e. The van der Waals surface area contributed by atoms with Gasteiger partial charge in [-0.3, -0.25) is 4.98 Å². The van der Waals surface area contributed by atoms with E-state index < -0.39 is 11.7 Å². The third-order valence-corrected chi connectivity index (χ3v) is 1.88. The molecular weight excluding hydrogens is 205 g/mol. The summed E-state index contributed by atoms with van der Waals surface area (Å²) in [4.78, 5) is 3.73. The molecule has 0 aliphatic carbocycles. The number of nitrogens with zero attached hydrogens (tertiary/aromatic N) is 1. The molecule has 1 aromatic heterocycles. The lowest BCUT2D eigenvalue weighted by Crippen LogP contribution is -2.15. The van der Waals surface area contributed by atoms with Gasteiger partial charge >= 0.3 is 6.18 Å². The fourth-order valence-corrected chi connectivity index (χ4v) is 1.09. The zero-order valence-electron chi connectivity index (χ0n) is 8.43. The Kier molecular flexibility index (Phi) is 4.08. The molecule has 5 heteroatoms. The zero-order chi connectivity index (χ0) is 11.3. The molecule has 0 amide bonds. The number of nitrogens with one attached hydrogen (secondary N) is 1. The Morgan fingerprint density at radius 3 is 2.53 bits per heavy atom. The maximum atomic E-state index is 12.2. The summed E-state index contributed by atoms with van der Waals surface area (Å²) < 4.78 is 36.5. The minimum atomic E-state index is -4.30. The van der Waals surface area contributed by atoms with Gasteiger partial charge in [0.25, 0.3) is 0 Å². The van der Waals surface area contributed by atoms with Crippen molar-refractivity contribution < 1.29 is 13.2 Å². The second kappa shape index (κ2) is 5.11. The average Bonchev–Trinajstić information content (AvgIpc) is 2.18. The summed E-state index contributed by atoms with van der Waals surface area (Å²) in [7, 11) is 0. The largest absolute Gasteiger partial charge is 0.417 e. The molecule has 0 atom stereocenters. The van der Waals surface area contributed by atoms with Crippen molar-refractivity contribution in [2.45, 2.75) is 26.1 Å². The number of pyridine rings is 1. The molecule has 2 nitrogen and oxygen atoms in total. The number of hydrogen-bond donors (Lipinski definition) is 1. The SMILES string of the molecule is CCCNCc1ccc(C(F)(F)F)cn1. The van der Waals surface area contributed by atoms with Gasteiger partial charge in [-0.05, 0) is 25.1 Å². The van der Waals surface area contributed by atoms with E-state index in [1.807, 2.05) is 6.92 Å².